The largest absolute Gasteiger partial charge is 0.421 e. The number of rotatable bonds is 0. The van der Waals surface area contributed by atoms with E-state index in [9.17, 15) is 4.79 Å². The van der Waals surface area contributed by atoms with Crippen LogP contribution in [0.2, 0.25) is 0 Å². The first kappa shape index (κ1) is 6.91. The molecule has 0 atom stereocenters. The van der Waals surface area contributed by atoms with Gasteiger partial charge in [0, 0.05) is 11.5 Å². The van der Waals surface area contributed by atoms with Crippen molar-refractivity contribution in [2.24, 2.45) is 0 Å². The van der Waals surface area contributed by atoms with Crippen LogP contribution in [0.3, 0.4) is 0 Å². The van der Waals surface area contributed by atoms with E-state index >= 15 is 0 Å². The number of para-hydroxylation sites is 1. The van der Waals surface area contributed by atoms with Crippen LogP contribution in [-0.2, 0) is 0 Å². The lowest BCUT2D eigenvalue weighted by Crippen LogP contribution is -2.05. The molecule has 0 aliphatic rings. The normalized spacial score (nSPS) is 10.3. The molecule has 1 radical (unpaired) electrons. The first-order chi connectivity index (χ1) is 5.77. The molecule has 0 saturated heterocycles. The van der Waals surface area contributed by atoms with Gasteiger partial charge >= 0.3 is 5.63 Å². The van der Waals surface area contributed by atoms with Crippen molar-refractivity contribution in [3.8, 4) is 0 Å². The molecular formula is C9H6NO2. The number of hydrogen-bond acceptors (Lipinski definition) is 3. The molecule has 0 aliphatic carbocycles. The molecule has 2 aromatic rings. The van der Waals surface area contributed by atoms with Crippen molar-refractivity contribution in [1.29, 1.82) is 0 Å². The molecule has 0 unspecified atom stereocenters. The van der Waals surface area contributed by atoms with Gasteiger partial charge < -0.3 is 10.2 Å². The van der Waals surface area contributed by atoms with Crippen LogP contribution in [0.1, 0.15) is 0 Å². The predicted molar refractivity (Wildman–Crippen MR) is 45.7 cm³/mol. The third-order valence-electron chi connectivity index (χ3n) is 1.59. The molecule has 2 rings (SSSR count). The van der Waals surface area contributed by atoms with Crippen molar-refractivity contribution >= 4 is 16.7 Å². The van der Waals surface area contributed by atoms with E-state index in [0.717, 1.165) is 5.39 Å². The van der Waals surface area contributed by atoms with Gasteiger partial charge in [0.2, 0.25) is 0 Å². The standard InChI is InChI=1S/C9H6NO2/c10-7-5-6-3-1-2-4-8(6)12-9(7)11/h1-3,5H,10H2. The summed E-state index contributed by atoms with van der Waals surface area (Å²) in [4.78, 5) is 10.9. The number of nitrogens with two attached hydrogens (primary N) is 1. The lowest BCUT2D eigenvalue weighted by atomic mass is 10.2. The predicted octanol–water partition coefficient (Wildman–Crippen LogP) is 1.18. The molecule has 1 heterocycles. The van der Waals surface area contributed by atoms with Gasteiger partial charge in [-0.2, -0.15) is 0 Å². The highest BCUT2D eigenvalue weighted by molar-refractivity contribution is 5.78. The molecule has 3 nitrogen and oxygen atoms in total. The van der Waals surface area contributed by atoms with Crippen molar-refractivity contribution in [3.63, 3.8) is 0 Å². The van der Waals surface area contributed by atoms with E-state index in [0.29, 0.717) is 5.58 Å². The number of nitrogen functional groups attached to an aromatic ring is 1. The maximum atomic E-state index is 10.9. The topological polar surface area (TPSA) is 56.2 Å². The second kappa shape index (κ2) is 2.37. The molecule has 3 heteroatoms. The zero-order valence-electron chi connectivity index (χ0n) is 6.20. The van der Waals surface area contributed by atoms with Crippen LogP contribution < -0.4 is 11.4 Å². The molecular weight excluding hydrogens is 154 g/mol. The van der Waals surface area contributed by atoms with Gasteiger partial charge in [-0.15, -0.1) is 0 Å². The third kappa shape index (κ3) is 0.955. The van der Waals surface area contributed by atoms with E-state index in [1.165, 1.54) is 0 Å². The van der Waals surface area contributed by atoms with Crippen LogP contribution in [0.5, 0.6) is 0 Å². The summed E-state index contributed by atoms with van der Waals surface area (Å²) in [5.41, 5.74) is 5.42. The lowest BCUT2D eigenvalue weighted by Gasteiger charge is -1.94. The summed E-state index contributed by atoms with van der Waals surface area (Å²) in [6, 6.07) is 9.68. The second-order valence-corrected chi connectivity index (χ2v) is 2.44. The summed E-state index contributed by atoms with van der Waals surface area (Å²) in [7, 11) is 0. The molecule has 0 amide bonds. The molecule has 1 aromatic heterocycles. The fraction of sp³-hybridized carbons (Fsp3) is 0. The number of hydrogen-bond donors (Lipinski definition) is 1. The number of anilines is 1. The van der Waals surface area contributed by atoms with Crippen molar-refractivity contribution in [3.05, 3.63) is 40.8 Å². The highest BCUT2D eigenvalue weighted by atomic mass is 16.4. The van der Waals surface area contributed by atoms with Gasteiger partial charge in [0.05, 0.1) is 0 Å². The van der Waals surface area contributed by atoms with E-state index in [4.69, 9.17) is 10.2 Å². The number of benzene rings is 1. The Morgan fingerprint density at radius 3 is 3.17 bits per heavy atom. The van der Waals surface area contributed by atoms with Crippen molar-refractivity contribution in [1.82, 2.24) is 0 Å². The zero-order valence-corrected chi connectivity index (χ0v) is 6.20. The van der Waals surface area contributed by atoms with E-state index in [1.807, 2.05) is 12.1 Å². The summed E-state index contributed by atoms with van der Waals surface area (Å²) in [6.07, 6.45) is 0. The molecule has 12 heavy (non-hydrogen) atoms. The van der Waals surface area contributed by atoms with Gasteiger partial charge in [0.15, 0.2) is 0 Å². The average molecular weight is 160 g/mol. The summed E-state index contributed by atoms with van der Waals surface area (Å²) in [5.74, 6) is 0. The maximum absolute atomic E-state index is 10.9. The fourth-order valence-corrected chi connectivity index (χ4v) is 1.01. The molecule has 0 spiro atoms. The monoisotopic (exact) mass is 160 g/mol. The Labute approximate surface area is 68.4 Å². The summed E-state index contributed by atoms with van der Waals surface area (Å²) < 4.78 is 4.86. The molecule has 1 aromatic carbocycles. The summed E-state index contributed by atoms with van der Waals surface area (Å²) >= 11 is 0. The van der Waals surface area contributed by atoms with Gasteiger partial charge in [-0.3, -0.25) is 0 Å². The third-order valence-corrected chi connectivity index (χ3v) is 1.59. The van der Waals surface area contributed by atoms with Crippen LogP contribution >= 0.6 is 0 Å². The Hall–Kier alpha value is -1.77. The minimum Gasteiger partial charge on any atom is -0.421 e. The highest BCUT2D eigenvalue weighted by Crippen LogP contribution is 2.12. The Kier molecular flexibility index (Phi) is 1.37. The van der Waals surface area contributed by atoms with Crippen molar-refractivity contribution < 1.29 is 4.42 Å². The SMILES string of the molecule is Nc1cc2ccc[c]c2oc1=O. The molecule has 0 aliphatic heterocycles. The fourth-order valence-electron chi connectivity index (χ4n) is 1.01. The van der Waals surface area contributed by atoms with Crippen LogP contribution in [0.4, 0.5) is 5.69 Å². The zero-order chi connectivity index (χ0) is 8.55. The quantitative estimate of drug-likeness (QED) is 0.588. The first-order valence-corrected chi connectivity index (χ1v) is 3.47. The molecule has 0 fully saturated rings. The molecule has 0 saturated carbocycles. The van der Waals surface area contributed by atoms with Crippen molar-refractivity contribution in [2.75, 3.05) is 5.73 Å². The highest BCUT2D eigenvalue weighted by Gasteiger charge is 1.99. The van der Waals surface area contributed by atoms with E-state index < -0.39 is 5.63 Å². The van der Waals surface area contributed by atoms with Crippen molar-refractivity contribution in [2.45, 2.75) is 0 Å². The van der Waals surface area contributed by atoms with Crippen LogP contribution in [0.15, 0.2) is 33.5 Å². The Morgan fingerprint density at radius 1 is 1.50 bits per heavy atom. The molecule has 0 bridgehead atoms. The van der Waals surface area contributed by atoms with Gasteiger partial charge in [-0.25, -0.2) is 4.79 Å². The van der Waals surface area contributed by atoms with E-state index in [-0.39, 0.29) is 5.69 Å². The maximum Gasteiger partial charge on any atom is 0.359 e. The van der Waals surface area contributed by atoms with Gasteiger partial charge in [0.25, 0.3) is 0 Å². The average Bonchev–Trinajstić information content (AvgIpc) is 2.07. The smallest absolute Gasteiger partial charge is 0.359 e. The van der Waals surface area contributed by atoms with Crippen LogP contribution in [-0.4, -0.2) is 0 Å². The second-order valence-electron chi connectivity index (χ2n) is 2.44. The molecule has 2 N–H and O–H groups in total. The van der Waals surface area contributed by atoms with Gasteiger partial charge in [0.1, 0.15) is 11.3 Å². The summed E-state index contributed by atoms with van der Waals surface area (Å²) in [6.45, 7) is 0. The van der Waals surface area contributed by atoms with Gasteiger partial charge in [-0.05, 0) is 6.07 Å². The number of fused-ring (bicyclic) bond motifs is 1. The Morgan fingerprint density at radius 2 is 2.33 bits per heavy atom. The first-order valence-electron chi connectivity index (χ1n) is 3.47. The van der Waals surface area contributed by atoms with E-state index in [2.05, 4.69) is 6.07 Å². The minimum absolute atomic E-state index is 0.127. The Bertz CT molecular complexity index is 473. The minimum atomic E-state index is -0.509. The van der Waals surface area contributed by atoms with Gasteiger partial charge in [-0.1, -0.05) is 18.2 Å². The van der Waals surface area contributed by atoms with E-state index in [1.54, 1.807) is 12.1 Å². The van der Waals surface area contributed by atoms with Crippen LogP contribution in [0.25, 0.3) is 11.0 Å². The lowest BCUT2D eigenvalue weighted by molar-refractivity contribution is 0.564. The Balaban J connectivity index is 2.93. The summed E-state index contributed by atoms with van der Waals surface area (Å²) in [5, 5.41) is 0.787. The molecule has 59 valence electrons. The van der Waals surface area contributed by atoms with Crippen LogP contribution in [0, 0.1) is 6.07 Å².